The molecule has 0 fully saturated rings. The summed E-state index contributed by atoms with van der Waals surface area (Å²) >= 11 is 0. The van der Waals surface area contributed by atoms with Crippen molar-refractivity contribution in [2.24, 2.45) is 5.92 Å². The van der Waals surface area contributed by atoms with Gasteiger partial charge in [0, 0.05) is 5.56 Å². The van der Waals surface area contributed by atoms with Gasteiger partial charge in [-0.1, -0.05) is 56.3 Å². The minimum Gasteiger partial charge on any atom is -0.445 e. The molecule has 1 atom stereocenters. The molecular formula is C22H25NO3. The van der Waals surface area contributed by atoms with Crippen LogP contribution in [0.3, 0.4) is 0 Å². The molecule has 2 aromatic carbocycles. The van der Waals surface area contributed by atoms with Gasteiger partial charge < -0.3 is 10.1 Å². The lowest BCUT2D eigenvalue weighted by molar-refractivity contribution is 0.0886. The molecule has 0 saturated carbocycles. The van der Waals surface area contributed by atoms with Gasteiger partial charge in [-0.05, 0) is 47.9 Å². The quantitative estimate of drug-likeness (QED) is 0.789. The molecule has 1 amide bonds. The van der Waals surface area contributed by atoms with E-state index >= 15 is 0 Å². The minimum absolute atomic E-state index is 0.0278. The molecule has 3 rings (SSSR count). The summed E-state index contributed by atoms with van der Waals surface area (Å²) in [5, 5.41) is 2.74. The maximum atomic E-state index is 12.9. The van der Waals surface area contributed by atoms with E-state index < -0.39 is 12.1 Å². The fourth-order valence-electron chi connectivity index (χ4n) is 3.33. The topological polar surface area (TPSA) is 55.4 Å². The highest BCUT2D eigenvalue weighted by molar-refractivity contribution is 6.01. The molecule has 2 aromatic rings. The molecule has 4 heteroatoms. The Kier molecular flexibility index (Phi) is 5.71. The zero-order chi connectivity index (χ0) is 18.5. The molecular weight excluding hydrogens is 326 g/mol. The number of alkyl carbamates (subject to hydrolysis) is 1. The summed E-state index contributed by atoms with van der Waals surface area (Å²) in [5.41, 5.74) is 4.16. The molecule has 136 valence electrons. The number of benzene rings is 2. The van der Waals surface area contributed by atoms with Gasteiger partial charge in [0.05, 0.1) is 6.04 Å². The van der Waals surface area contributed by atoms with Crippen LogP contribution in [0.5, 0.6) is 0 Å². The van der Waals surface area contributed by atoms with E-state index in [9.17, 15) is 9.59 Å². The first-order valence-corrected chi connectivity index (χ1v) is 9.18. The van der Waals surface area contributed by atoms with E-state index in [1.807, 2.05) is 62.4 Å². The van der Waals surface area contributed by atoms with E-state index in [4.69, 9.17) is 4.74 Å². The lowest BCUT2D eigenvalue weighted by Gasteiger charge is -2.21. The predicted octanol–water partition coefficient (Wildman–Crippen LogP) is 4.31. The average Bonchev–Trinajstić information content (AvgIpc) is 3.12. The van der Waals surface area contributed by atoms with Crippen molar-refractivity contribution in [1.82, 2.24) is 5.32 Å². The maximum absolute atomic E-state index is 12.9. The zero-order valence-electron chi connectivity index (χ0n) is 15.3. The van der Waals surface area contributed by atoms with Gasteiger partial charge in [0.2, 0.25) is 0 Å². The zero-order valence-corrected chi connectivity index (χ0v) is 15.3. The van der Waals surface area contributed by atoms with E-state index in [1.165, 1.54) is 11.1 Å². The lowest BCUT2D eigenvalue weighted by Crippen LogP contribution is -2.44. The van der Waals surface area contributed by atoms with Crippen LogP contribution in [-0.4, -0.2) is 17.9 Å². The highest BCUT2D eigenvalue weighted by Crippen LogP contribution is 2.24. The number of carbonyl (C=O) groups excluding carboxylic acids is 2. The number of aryl methyl sites for hydroxylation is 2. The number of nitrogens with one attached hydrogen (secondary N) is 1. The molecule has 0 saturated heterocycles. The van der Waals surface area contributed by atoms with Crippen molar-refractivity contribution in [3.63, 3.8) is 0 Å². The molecule has 1 aliphatic rings. The first-order chi connectivity index (χ1) is 12.5. The Bertz CT molecular complexity index is 783. The first-order valence-electron chi connectivity index (χ1n) is 9.18. The second kappa shape index (κ2) is 8.17. The van der Waals surface area contributed by atoms with E-state index in [-0.39, 0.29) is 18.3 Å². The van der Waals surface area contributed by atoms with Crippen molar-refractivity contribution in [3.8, 4) is 0 Å². The van der Waals surface area contributed by atoms with E-state index in [2.05, 4.69) is 5.32 Å². The normalized spacial score (nSPS) is 14.0. The standard InChI is InChI=1S/C22H25NO3/c1-15(2)20(23-22(25)26-14-16-7-4-3-5-8-16)21(24)19-12-11-17-9-6-10-18(17)13-19/h3-5,7-8,11-13,15,20H,6,9-10,14H2,1-2H3,(H,23,25). The van der Waals surface area contributed by atoms with Gasteiger partial charge in [-0.15, -0.1) is 0 Å². The Labute approximate surface area is 154 Å². The van der Waals surface area contributed by atoms with Gasteiger partial charge in [0.25, 0.3) is 0 Å². The fraction of sp³-hybridized carbons (Fsp3) is 0.364. The van der Waals surface area contributed by atoms with Gasteiger partial charge in [-0.25, -0.2) is 4.79 Å². The van der Waals surface area contributed by atoms with Crippen LogP contribution in [-0.2, 0) is 24.2 Å². The van der Waals surface area contributed by atoms with Crippen LogP contribution in [0.4, 0.5) is 4.79 Å². The number of hydrogen-bond donors (Lipinski definition) is 1. The second-order valence-corrected chi connectivity index (χ2v) is 7.13. The Morgan fingerprint density at radius 1 is 1.04 bits per heavy atom. The molecule has 0 bridgehead atoms. The molecule has 1 aliphatic carbocycles. The van der Waals surface area contributed by atoms with Crippen molar-refractivity contribution in [3.05, 3.63) is 70.8 Å². The maximum Gasteiger partial charge on any atom is 0.408 e. The largest absolute Gasteiger partial charge is 0.445 e. The van der Waals surface area contributed by atoms with E-state index in [0.29, 0.717) is 5.56 Å². The summed E-state index contributed by atoms with van der Waals surface area (Å²) < 4.78 is 5.27. The van der Waals surface area contributed by atoms with Crippen LogP contribution < -0.4 is 5.32 Å². The fourth-order valence-corrected chi connectivity index (χ4v) is 3.33. The van der Waals surface area contributed by atoms with Crippen LogP contribution in [0.15, 0.2) is 48.5 Å². The SMILES string of the molecule is CC(C)C(NC(=O)OCc1ccccc1)C(=O)c1ccc2c(c1)CCC2. The first kappa shape index (κ1) is 18.2. The number of fused-ring (bicyclic) bond motifs is 1. The highest BCUT2D eigenvalue weighted by atomic mass is 16.5. The monoisotopic (exact) mass is 351 g/mol. The Morgan fingerprint density at radius 2 is 1.77 bits per heavy atom. The highest BCUT2D eigenvalue weighted by Gasteiger charge is 2.26. The predicted molar refractivity (Wildman–Crippen MR) is 101 cm³/mol. The molecule has 4 nitrogen and oxygen atoms in total. The summed E-state index contributed by atoms with van der Waals surface area (Å²) in [6.07, 6.45) is 2.68. The van der Waals surface area contributed by atoms with Crippen molar-refractivity contribution < 1.29 is 14.3 Å². The Balaban J connectivity index is 1.64. The molecule has 0 aromatic heterocycles. The molecule has 0 spiro atoms. The van der Waals surface area contributed by atoms with Crippen molar-refractivity contribution in [1.29, 1.82) is 0 Å². The van der Waals surface area contributed by atoms with Gasteiger partial charge in [-0.3, -0.25) is 4.79 Å². The van der Waals surface area contributed by atoms with Crippen molar-refractivity contribution in [2.45, 2.75) is 45.8 Å². The molecule has 1 N–H and O–H groups in total. The number of carbonyl (C=O) groups is 2. The van der Waals surface area contributed by atoms with E-state index in [0.717, 1.165) is 24.8 Å². The molecule has 0 radical (unpaired) electrons. The average molecular weight is 351 g/mol. The summed E-state index contributed by atoms with van der Waals surface area (Å²) in [6.45, 7) is 4.03. The van der Waals surface area contributed by atoms with Crippen LogP contribution in [0.25, 0.3) is 0 Å². The number of ether oxygens (including phenoxy) is 1. The van der Waals surface area contributed by atoms with Crippen molar-refractivity contribution >= 4 is 11.9 Å². The Hall–Kier alpha value is -2.62. The number of ketones is 1. The Morgan fingerprint density at radius 3 is 2.50 bits per heavy atom. The van der Waals surface area contributed by atoms with E-state index in [1.54, 1.807) is 0 Å². The molecule has 1 unspecified atom stereocenters. The lowest BCUT2D eigenvalue weighted by atomic mass is 9.93. The number of Topliss-reactive ketones (excluding diaryl/α,β-unsaturated/α-hetero) is 1. The molecule has 0 aliphatic heterocycles. The van der Waals surface area contributed by atoms with Crippen LogP contribution in [0.1, 0.15) is 47.3 Å². The minimum atomic E-state index is -0.599. The van der Waals surface area contributed by atoms with Gasteiger partial charge in [-0.2, -0.15) is 0 Å². The number of hydrogen-bond acceptors (Lipinski definition) is 3. The third-order valence-electron chi connectivity index (χ3n) is 4.82. The van der Waals surface area contributed by atoms with Crippen LogP contribution in [0.2, 0.25) is 0 Å². The number of amides is 1. The molecule has 0 heterocycles. The van der Waals surface area contributed by atoms with Crippen molar-refractivity contribution in [2.75, 3.05) is 0 Å². The number of rotatable bonds is 6. The van der Waals surface area contributed by atoms with Crippen LogP contribution in [0, 0.1) is 5.92 Å². The van der Waals surface area contributed by atoms with Gasteiger partial charge in [0.1, 0.15) is 6.61 Å². The third kappa shape index (κ3) is 4.31. The second-order valence-electron chi connectivity index (χ2n) is 7.13. The summed E-state index contributed by atoms with van der Waals surface area (Å²) in [5.74, 6) is -0.0913. The summed E-state index contributed by atoms with van der Waals surface area (Å²) in [4.78, 5) is 25.1. The summed E-state index contributed by atoms with van der Waals surface area (Å²) in [6, 6.07) is 14.8. The van der Waals surface area contributed by atoms with Crippen LogP contribution >= 0.6 is 0 Å². The smallest absolute Gasteiger partial charge is 0.408 e. The van der Waals surface area contributed by atoms with Gasteiger partial charge in [0.15, 0.2) is 5.78 Å². The van der Waals surface area contributed by atoms with Gasteiger partial charge >= 0.3 is 6.09 Å². The third-order valence-corrected chi connectivity index (χ3v) is 4.82. The molecule has 26 heavy (non-hydrogen) atoms. The summed E-state index contributed by atoms with van der Waals surface area (Å²) in [7, 11) is 0.